The molecule has 0 bridgehead atoms. The van der Waals surface area contributed by atoms with E-state index < -0.39 is 24.7 Å². The molecule has 2 rings (SSSR count). The van der Waals surface area contributed by atoms with E-state index in [-0.39, 0.29) is 24.3 Å². The maximum atomic E-state index is 12.6. The maximum absolute atomic E-state index is 12.6. The third-order valence-corrected chi connectivity index (χ3v) is 4.00. The van der Waals surface area contributed by atoms with Gasteiger partial charge in [0.25, 0.3) is 0 Å². The van der Waals surface area contributed by atoms with Crippen molar-refractivity contribution in [3.63, 3.8) is 0 Å². The number of rotatable bonds is 2. The van der Waals surface area contributed by atoms with E-state index in [1.54, 1.807) is 6.92 Å². The molecule has 0 spiro atoms. The van der Waals surface area contributed by atoms with Crippen molar-refractivity contribution in [2.75, 3.05) is 26.2 Å². The number of alkyl halides is 3. The average molecular weight is 266 g/mol. The number of hydrogen-bond acceptors (Lipinski definition) is 3. The highest BCUT2D eigenvalue weighted by Crippen LogP contribution is 2.38. The van der Waals surface area contributed by atoms with E-state index in [2.05, 4.69) is 5.32 Å². The second-order valence-corrected chi connectivity index (χ2v) is 5.25. The monoisotopic (exact) mass is 266 g/mol. The lowest BCUT2D eigenvalue weighted by atomic mass is 9.88. The first-order valence-corrected chi connectivity index (χ1v) is 6.03. The zero-order valence-electron chi connectivity index (χ0n) is 10.1. The zero-order chi connectivity index (χ0) is 13.6. The van der Waals surface area contributed by atoms with Crippen molar-refractivity contribution in [2.24, 2.45) is 11.8 Å². The largest absolute Gasteiger partial charge is 0.419 e. The lowest BCUT2D eigenvalue weighted by Gasteiger charge is -2.34. The molecule has 0 aromatic heterocycles. The van der Waals surface area contributed by atoms with Crippen molar-refractivity contribution in [2.45, 2.75) is 25.1 Å². The van der Waals surface area contributed by atoms with E-state index in [1.165, 1.54) is 0 Å². The second kappa shape index (κ2) is 4.38. The normalized spacial score (nSPS) is 31.3. The smallest absolute Gasteiger partial charge is 0.379 e. The molecule has 2 N–H and O–H groups in total. The summed E-state index contributed by atoms with van der Waals surface area (Å²) in [6, 6.07) is 0. The molecule has 0 aromatic carbocycles. The van der Waals surface area contributed by atoms with Gasteiger partial charge in [-0.3, -0.25) is 4.79 Å². The molecule has 2 saturated heterocycles. The zero-order valence-corrected chi connectivity index (χ0v) is 10.1. The van der Waals surface area contributed by atoms with Crippen LogP contribution in [-0.4, -0.2) is 53.9 Å². The standard InChI is InChI=1S/C11H17F3N2O2/c1-7(8-4-15-5-8)9(17)16-3-2-10(18,6-16)11(12,13)14/h7-8,15,18H,2-6H2,1H3. The molecule has 0 aromatic rings. The third kappa shape index (κ3) is 2.21. The number of aliphatic hydroxyl groups is 1. The van der Waals surface area contributed by atoms with Gasteiger partial charge in [-0.2, -0.15) is 13.2 Å². The molecule has 0 aliphatic carbocycles. The molecule has 1 amide bonds. The Bertz CT molecular complexity index is 344. The van der Waals surface area contributed by atoms with Crippen LogP contribution in [0.4, 0.5) is 13.2 Å². The van der Waals surface area contributed by atoms with Crippen molar-refractivity contribution in [1.29, 1.82) is 0 Å². The first-order chi connectivity index (χ1) is 8.24. The highest BCUT2D eigenvalue weighted by molar-refractivity contribution is 5.79. The van der Waals surface area contributed by atoms with Crippen LogP contribution < -0.4 is 5.32 Å². The number of carbonyl (C=O) groups is 1. The third-order valence-electron chi connectivity index (χ3n) is 4.00. The molecule has 18 heavy (non-hydrogen) atoms. The minimum atomic E-state index is -4.68. The molecule has 104 valence electrons. The molecule has 2 atom stereocenters. The fourth-order valence-corrected chi connectivity index (χ4v) is 2.37. The Morgan fingerprint density at radius 3 is 2.50 bits per heavy atom. The number of nitrogens with zero attached hydrogens (tertiary/aromatic N) is 1. The summed E-state index contributed by atoms with van der Waals surface area (Å²) in [4.78, 5) is 13.1. The van der Waals surface area contributed by atoms with E-state index in [9.17, 15) is 23.1 Å². The molecular weight excluding hydrogens is 249 g/mol. The Kier molecular flexibility index (Phi) is 3.31. The fourth-order valence-electron chi connectivity index (χ4n) is 2.37. The van der Waals surface area contributed by atoms with Gasteiger partial charge < -0.3 is 15.3 Å². The van der Waals surface area contributed by atoms with Crippen LogP contribution in [0.5, 0.6) is 0 Å². The van der Waals surface area contributed by atoms with E-state index in [0.29, 0.717) is 0 Å². The van der Waals surface area contributed by atoms with Gasteiger partial charge in [0.1, 0.15) is 0 Å². The predicted molar refractivity (Wildman–Crippen MR) is 57.7 cm³/mol. The topological polar surface area (TPSA) is 52.6 Å². The van der Waals surface area contributed by atoms with Gasteiger partial charge in [0.2, 0.25) is 5.91 Å². The second-order valence-electron chi connectivity index (χ2n) is 5.25. The first-order valence-electron chi connectivity index (χ1n) is 6.03. The van der Waals surface area contributed by atoms with Crippen molar-refractivity contribution < 1.29 is 23.1 Å². The van der Waals surface area contributed by atoms with E-state index in [1.807, 2.05) is 0 Å². The van der Waals surface area contributed by atoms with Crippen molar-refractivity contribution in [3.8, 4) is 0 Å². The van der Waals surface area contributed by atoms with Gasteiger partial charge in [0, 0.05) is 18.9 Å². The molecular formula is C11H17F3N2O2. The maximum Gasteiger partial charge on any atom is 0.419 e. The predicted octanol–water partition coefficient (Wildman–Crippen LogP) is 0.368. The molecule has 2 unspecified atom stereocenters. The fraction of sp³-hybridized carbons (Fsp3) is 0.909. The molecule has 0 radical (unpaired) electrons. The lowest BCUT2D eigenvalue weighted by Crippen LogP contribution is -2.52. The number of carbonyl (C=O) groups excluding carboxylic acids is 1. The van der Waals surface area contributed by atoms with Crippen LogP contribution in [-0.2, 0) is 4.79 Å². The number of amides is 1. The van der Waals surface area contributed by atoms with Gasteiger partial charge in [-0.05, 0) is 19.0 Å². The first kappa shape index (κ1) is 13.6. The average Bonchev–Trinajstić information content (AvgIpc) is 2.57. The highest BCUT2D eigenvalue weighted by atomic mass is 19.4. The number of halogens is 3. The molecule has 7 heteroatoms. The number of likely N-dealkylation sites (tertiary alicyclic amines) is 1. The van der Waals surface area contributed by atoms with Gasteiger partial charge in [0.05, 0.1) is 6.54 Å². The lowest BCUT2D eigenvalue weighted by molar-refractivity contribution is -0.253. The summed E-state index contributed by atoms with van der Waals surface area (Å²) in [7, 11) is 0. The summed E-state index contributed by atoms with van der Waals surface area (Å²) in [5.41, 5.74) is -2.74. The van der Waals surface area contributed by atoms with Crippen molar-refractivity contribution in [1.82, 2.24) is 10.2 Å². The summed E-state index contributed by atoms with van der Waals surface area (Å²) in [5.74, 6) is -0.388. The molecule has 0 saturated carbocycles. The summed E-state index contributed by atoms with van der Waals surface area (Å²) in [5, 5.41) is 12.5. The van der Waals surface area contributed by atoms with Crippen LogP contribution >= 0.6 is 0 Å². The van der Waals surface area contributed by atoms with Gasteiger partial charge in [-0.15, -0.1) is 0 Å². The minimum Gasteiger partial charge on any atom is -0.379 e. The van der Waals surface area contributed by atoms with Gasteiger partial charge in [-0.25, -0.2) is 0 Å². The summed E-state index contributed by atoms with van der Waals surface area (Å²) < 4.78 is 37.9. The number of β-amino-alcohol motifs (C(OH)–C–C–N with tert-alkyl or cyclic N) is 1. The Hall–Kier alpha value is -0.820. The van der Waals surface area contributed by atoms with Crippen LogP contribution in [0.25, 0.3) is 0 Å². The quantitative estimate of drug-likeness (QED) is 0.759. The summed E-state index contributed by atoms with van der Waals surface area (Å²) >= 11 is 0. The molecule has 2 aliphatic rings. The molecule has 2 fully saturated rings. The molecule has 4 nitrogen and oxygen atoms in total. The van der Waals surface area contributed by atoms with Gasteiger partial charge in [0.15, 0.2) is 5.60 Å². The van der Waals surface area contributed by atoms with E-state index in [0.717, 1.165) is 18.0 Å². The van der Waals surface area contributed by atoms with Crippen molar-refractivity contribution in [3.05, 3.63) is 0 Å². The Morgan fingerprint density at radius 1 is 1.50 bits per heavy atom. The number of nitrogens with one attached hydrogen (secondary N) is 1. The van der Waals surface area contributed by atoms with Gasteiger partial charge >= 0.3 is 6.18 Å². The van der Waals surface area contributed by atoms with Crippen LogP contribution in [0, 0.1) is 11.8 Å². The van der Waals surface area contributed by atoms with Crippen LogP contribution in [0.3, 0.4) is 0 Å². The van der Waals surface area contributed by atoms with Crippen LogP contribution in [0.15, 0.2) is 0 Å². The Labute approximate surface area is 103 Å². The summed E-state index contributed by atoms with van der Waals surface area (Å²) in [6.07, 6.45) is -5.11. The SMILES string of the molecule is CC(C(=O)N1CCC(O)(C(F)(F)F)C1)C1CNC1. The highest BCUT2D eigenvalue weighted by Gasteiger charge is 2.58. The molecule has 2 heterocycles. The Balaban J connectivity index is 1.98. The van der Waals surface area contributed by atoms with Crippen molar-refractivity contribution >= 4 is 5.91 Å². The Morgan fingerprint density at radius 2 is 2.11 bits per heavy atom. The van der Waals surface area contributed by atoms with Crippen LogP contribution in [0.1, 0.15) is 13.3 Å². The number of hydrogen-bond donors (Lipinski definition) is 2. The minimum absolute atomic E-state index is 0.0284. The molecule has 2 aliphatic heterocycles. The van der Waals surface area contributed by atoms with Crippen LogP contribution in [0.2, 0.25) is 0 Å². The van der Waals surface area contributed by atoms with E-state index in [4.69, 9.17) is 0 Å². The van der Waals surface area contributed by atoms with Gasteiger partial charge in [-0.1, -0.05) is 6.92 Å². The summed E-state index contributed by atoms with van der Waals surface area (Å²) in [6.45, 7) is 2.52. The van der Waals surface area contributed by atoms with E-state index >= 15 is 0 Å².